The first-order chi connectivity index (χ1) is 16.1. The van der Waals surface area contributed by atoms with E-state index in [4.69, 9.17) is 0 Å². The first kappa shape index (κ1) is 21.8. The molecular weight excluding hydrogens is 436 g/mol. The van der Waals surface area contributed by atoms with E-state index in [1.807, 2.05) is 28.8 Å². The molecule has 0 atom stereocenters. The Labute approximate surface area is 195 Å². The smallest absolute Gasteiger partial charge is 0.272 e. The van der Waals surface area contributed by atoms with Crippen molar-refractivity contribution in [3.63, 3.8) is 0 Å². The van der Waals surface area contributed by atoms with Crippen molar-refractivity contribution in [3.8, 4) is 0 Å². The zero-order chi connectivity index (χ0) is 22.8. The van der Waals surface area contributed by atoms with Gasteiger partial charge in [0.2, 0.25) is 11.7 Å². The van der Waals surface area contributed by atoms with Crippen LogP contribution in [-0.2, 0) is 24.3 Å². The third-order valence-electron chi connectivity index (χ3n) is 6.37. The van der Waals surface area contributed by atoms with Gasteiger partial charge in [0.25, 0.3) is 5.56 Å². The SMILES string of the molecule is CCn1c(=O)c2sccc2n2c(CCC(=O)NC3CCN(Cc4ccccc4)CC3)nnc12. The van der Waals surface area contributed by atoms with Gasteiger partial charge in [0, 0.05) is 45.1 Å². The summed E-state index contributed by atoms with van der Waals surface area (Å²) in [6, 6.07) is 12.6. The number of nitrogens with zero attached hydrogens (tertiary/aromatic N) is 5. The maximum atomic E-state index is 12.7. The van der Waals surface area contributed by atoms with Gasteiger partial charge in [-0.05, 0) is 36.8 Å². The lowest BCUT2D eigenvalue weighted by molar-refractivity contribution is -0.122. The minimum absolute atomic E-state index is 0.0368. The van der Waals surface area contributed by atoms with Gasteiger partial charge in [-0.25, -0.2) is 0 Å². The molecule has 0 saturated carbocycles. The normalized spacial score (nSPS) is 15.4. The Kier molecular flexibility index (Phi) is 6.24. The van der Waals surface area contributed by atoms with Crippen molar-refractivity contribution >= 4 is 33.2 Å². The fraction of sp³-hybridized carbons (Fsp3) is 0.417. The van der Waals surface area contributed by atoms with E-state index in [2.05, 4.69) is 44.7 Å². The molecule has 3 aromatic heterocycles. The predicted octanol–water partition coefficient (Wildman–Crippen LogP) is 2.84. The maximum Gasteiger partial charge on any atom is 0.272 e. The van der Waals surface area contributed by atoms with Crippen LogP contribution in [0.2, 0.25) is 0 Å². The van der Waals surface area contributed by atoms with Crippen molar-refractivity contribution in [3.05, 3.63) is 63.5 Å². The predicted molar refractivity (Wildman–Crippen MR) is 130 cm³/mol. The van der Waals surface area contributed by atoms with Crippen LogP contribution in [0.4, 0.5) is 0 Å². The van der Waals surface area contributed by atoms with Crippen molar-refractivity contribution in [1.82, 2.24) is 29.4 Å². The van der Waals surface area contributed by atoms with Crippen LogP contribution in [0.15, 0.2) is 46.6 Å². The van der Waals surface area contributed by atoms with Gasteiger partial charge in [0.05, 0.1) is 5.52 Å². The van der Waals surface area contributed by atoms with Crippen LogP contribution >= 0.6 is 11.3 Å². The zero-order valence-electron chi connectivity index (χ0n) is 18.7. The quantitative estimate of drug-likeness (QED) is 0.455. The van der Waals surface area contributed by atoms with Gasteiger partial charge in [-0.15, -0.1) is 21.5 Å². The number of likely N-dealkylation sites (tertiary alicyclic amines) is 1. The van der Waals surface area contributed by atoms with E-state index in [1.54, 1.807) is 4.57 Å². The van der Waals surface area contributed by atoms with E-state index in [0.717, 1.165) is 38.0 Å². The van der Waals surface area contributed by atoms with Crippen LogP contribution in [0.1, 0.15) is 37.6 Å². The number of fused-ring (bicyclic) bond motifs is 3. The Bertz CT molecular complexity index is 1320. The van der Waals surface area contributed by atoms with Crippen LogP contribution in [0.25, 0.3) is 16.0 Å². The van der Waals surface area contributed by atoms with Crippen LogP contribution in [0, 0.1) is 0 Å². The molecule has 1 amide bonds. The van der Waals surface area contributed by atoms with Gasteiger partial charge in [0.15, 0.2) is 0 Å². The van der Waals surface area contributed by atoms with E-state index in [1.165, 1.54) is 16.9 Å². The van der Waals surface area contributed by atoms with Crippen LogP contribution in [0.3, 0.4) is 0 Å². The molecule has 4 heterocycles. The lowest BCUT2D eigenvalue weighted by Crippen LogP contribution is -2.44. The molecule has 1 fully saturated rings. The Hall–Kier alpha value is -3.04. The zero-order valence-corrected chi connectivity index (χ0v) is 19.6. The number of rotatable bonds is 7. The van der Waals surface area contributed by atoms with Gasteiger partial charge >= 0.3 is 0 Å². The minimum Gasteiger partial charge on any atom is -0.353 e. The summed E-state index contributed by atoms with van der Waals surface area (Å²) in [5, 5.41) is 13.7. The topological polar surface area (TPSA) is 84.5 Å². The van der Waals surface area contributed by atoms with Crippen molar-refractivity contribution in [2.75, 3.05) is 13.1 Å². The molecule has 5 rings (SSSR count). The highest BCUT2D eigenvalue weighted by molar-refractivity contribution is 7.17. The number of hydrogen-bond donors (Lipinski definition) is 1. The number of nitrogens with one attached hydrogen (secondary N) is 1. The summed E-state index contributed by atoms with van der Waals surface area (Å²) < 4.78 is 4.25. The molecule has 0 bridgehead atoms. The van der Waals surface area contributed by atoms with Crippen LogP contribution in [-0.4, -0.2) is 49.1 Å². The Balaban J connectivity index is 1.19. The molecule has 0 spiro atoms. The summed E-state index contributed by atoms with van der Waals surface area (Å²) in [7, 11) is 0. The molecule has 0 radical (unpaired) electrons. The molecular formula is C24H28N6O2S. The fourth-order valence-electron chi connectivity index (χ4n) is 4.63. The number of hydrogen-bond acceptors (Lipinski definition) is 6. The molecule has 0 aliphatic carbocycles. The number of aryl methyl sites for hydroxylation is 2. The summed E-state index contributed by atoms with van der Waals surface area (Å²) in [4.78, 5) is 27.8. The first-order valence-electron chi connectivity index (χ1n) is 11.5. The van der Waals surface area contributed by atoms with Crippen molar-refractivity contribution in [2.24, 2.45) is 0 Å². The van der Waals surface area contributed by atoms with E-state index in [0.29, 0.717) is 35.7 Å². The average molecular weight is 465 g/mol. The highest BCUT2D eigenvalue weighted by Gasteiger charge is 2.22. The molecule has 8 nitrogen and oxygen atoms in total. The Morgan fingerprint density at radius 2 is 1.94 bits per heavy atom. The van der Waals surface area contributed by atoms with Crippen LogP contribution in [0.5, 0.6) is 0 Å². The molecule has 1 aliphatic rings. The highest BCUT2D eigenvalue weighted by Crippen LogP contribution is 2.20. The van der Waals surface area contributed by atoms with Crippen molar-refractivity contribution in [2.45, 2.75) is 51.7 Å². The average Bonchev–Trinajstić information content (AvgIpc) is 3.47. The van der Waals surface area contributed by atoms with Gasteiger partial charge in [-0.3, -0.25) is 23.5 Å². The largest absolute Gasteiger partial charge is 0.353 e. The van der Waals surface area contributed by atoms with Crippen LogP contribution < -0.4 is 10.9 Å². The number of benzene rings is 1. The standard InChI is InChI=1S/C24H28N6O2S/c1-2-29-23(32)22-19(12-15-33-22)30-20(26-27-24(29)30)8-9-21(31)25-18-10-13-28(14-11-18)16-17-6-4-3-5-7-17/h3-7,12,15,18H,2,8-11,13-14,16H2,1H3,(H,25,31). The summed E-state index contributed by atoms with van der Waals surface area (Å²) >= 11 is 1.43. The first-order valence-corrected chi connectivity index (χ1v) is 12.4. The molecule has 1 saturated heterocycles. The van der Waals surface area contributed by atoms with E-state index in [-0.39, 0.29) is 17.5 Å². The summed E-state index contributed by atoms with van der Waals surface area (Å²) in [5.41, 5.74) is 2.11. The van der Waals surface area contributed by atoms with Crippen molar-refractivity contribution < 1.29 is 4.79 Å². The van der Waals surface area contributed by atoms with E-state index < -0.39 is 0 Å². The Morgan fingerprint density at radius 3 is 2.70 bits per heavy atom. The summed E-state index contributed by atoms with van der Waals surface area (Å²) in [6.07, 6.45) is 2.75. The monoisotopic (exact) mass is 464 g/mol. The molecule has 9 heteroatoms. The maximum absolute atomic E-state index is 12.7. The fourth-order valence-corrected chi connectivity index (χ4v) is 5.45. The minimum atomic E-state index is -0.0368. The lowest BCUT2D eigenvalue weighted by Gasteiger charge is -2.32. The van der Waals surface area contributed by atoms with E-state index in [9.17, 15) is 9.59 Å². The van der Waals surface area contributed by atoms with Crippen molar-refractivity contribution in [1.29, 1.82) is 0 Å². The molecule has 1 aliphatic heterocycles. The number of aromatic nitrogens is 4. The molecule has 1 N–H and O–H groups in total. The molecule has 1 aromatic carbocycles. The summed E-state index contributed by atoms with van der Waals surface area (Å²) in [5.74, 6) is 1.29. The van der Waals surface area contributed by atoms with Gasteiger partial charge in [-0.1, -0.05) is 30.3 Å². The lowest BCUT2D eigenvalue weighted by atomic mass is 10.0. The second-order valence-corrected chi connectivity index (χ2v) is 9.46. The number of amides is 1. The van der Waals surface area contributed by atoms with Gasteiger partial charge in [0.1, 0.15) is 10.5 Å². The number of piperidine rings is 1. The van der Waals surface area contributed by atoms with Gasteiger partial charge in [-0.2, -0.15) is 0 Å². The second kappa shape index (κ2) is 9.44. The number of thiophene rings is 1. The molecule has 0 unspecified atom stereocenters. The van der Waals surface area contributed by atoms with E-state index >= 15 is 0 Å². The number of carbonyl (C=O) groups excluding carboxylic acids is 1. The third-order valence-corrected chi connectivity index (χ3v) is 7.26. The number of carbonyl (C=O) groups is 1. The second-order valence-electron chi connectivity index (χ2n) is 8.54. The molecule has 33 heavy (non-hydrogen) atoms. The molecule has 4 aromatic rings. The third kappa shape index (κ3) is 4.43. The van der Waals surface area contributed by atoms with Gasteiger partial charge < -0.3 is 5.32 Å². The molecule has 172 valence electrons. The summed E-state index contributed by atoms with van der Waals surface area (Å²) in [6.45, 7) is 5.38. The highest BCUT2D eigenvalue weighted by atomic mass is 32.1. The Morgan fingerprint density at radius 1 is 1.15 bits per heavy atom.